The Morgan fingerprint density at radius 1 is 0.412 bits per heavy atom. The maximum absolute atomic E-state index is 5.61. The van der Waals surface area contributed by atoms with Gasteiger partial charge in [0.15, 0.2) is 0 Å². The van der Waals surface area contributed by atoms with Crippen molar-refractivity contribution in [1.29, 1.82) is 0 Å². The molecule has 3 heterocycles. The van der Waals surface area contributed by atoms with Crippen molar-refractivity contribution in [3.8, 4) is 22.5 Å². The van der Waals surface area contributed by atoms with Gasteiger partial charge in [0.05, 0.1) is 33.6 Å². The van der Waals surface area contributed by atoms with Crippen LogP contribution in [-0.4, -0.2) is 15.0 Å². The summed E-state index contributed by atoms with van der Waals surface area (Å²) in [6, 6.07) is 61.8. The Kier molecular flexibility index (Phi) is 6.78. The number of benzene rings is 7. The van der Waals surface area contributed by atoms with Crippen molar-refractivity contribution in [3.63, 3.8) is 0 Å². The smallest absolute Gasteiger partial charge is 0.0972 e. The minimum absolute atomic E-state index is 0.904. The van der Waals surface area contributed by atoms with Crippen LogP contribution in [0.25, 0.3) is 76.8 Å². The summed E-state index contributed by atoms with van der Waals surface area (Å²) in [5.74, 6) is 0. The number of hydrogen-bond donors (Lipinski definition) is 0. The van der Waals surface area contributed by atoms with E-state index < -0.39 is 0 Å². The zero-order valence-corrected chi connectivity index (χ0v) is 27.6. The molecule has 0 spiro atoms. The number of hydrogen-bond acceptors (Lipinski definition) is 4. The van der Waals surface area contributed by atoms with Crippen LogP contribution in [0.2, 0.25) is 0 Å². The second-order valence-corrected chi connectivity index (χ2v) is 12.8. The lowest BCUT2D eigenvalue weighted by molar-refractivity contribution is 1.28. The Balaban J connectivity index is 1.32. The quantitative estimate of drug-likeness (QED) is 0.174. The van der Waals surface area contributed by atoms with Crippen LogP contribution in [0.5, 0.6) is 0 Å². The summed E-state index contributed by atoms with van der Waals surface area (Å²) in [6.45, 7) is 0. The lowest BCUT2D eigenvalue weighted by Gasteiger charge is -2.27. The van der Waals surface area contributed by atoms with Crippen LogP contribution in [0.3, 0.4) is 0 Å². The lowest BCUT2D eigenvalue weighted by atomic mass is 9.90. The average Bonchev–Trinajstić information content (AvgIpc) is 3.21. The highest BCUT2D eigenvalue weighted by Crippen LogP contribution is 2.45. The van der Waals surface area contributed by atoms with E-state index in [1.54, 1.807) is 0 Å². The first-order chi connectivity index (χ1) is 25.3. The topological polar surface area (TPSA) is 41.9 Å². The molecule has 0 atom stereocenters. The highest BCUT2D eigenvalue weighted by atomic mass is 15.1. The van der Waals surface area contributed by atoms with Gasteiger partial charge in [-0.1, -0.05) is 127 Å². The molecule has 4 nitrogen and oxygen atoms in total. The van der Waals surface area contributed by atoms with Gasteiger partial charge in [0.25, 0.3) is 0 Å². The third kappa shape index (κ3) is 4.80. The SMILES string of the molecule is c1ccc(-c2nc3c(N(c4ccccc4)c4ccccc4)cccc3c3c2cc(-c2ccc4ccc5cccnc5c4n2)c2ccccc23)cc1. The minimum atomic E-state index is 0.904. The van der Waals surface area contributed by atoms with E-state index >= 15 is 0 Å². The van der Waals surface area contributed by atoms with Gasteiger partial charge in [-0.25, -0.2) is 9.97 Å². The molecule has 4 heteroatoms. The molecule has 238 valence electrons. The molecule has 3 aromatic heterocycles. The molecule has 0 aliphatic carbocycles. The third-order valence-electron chi connectivity index (χ3n) is 9.83. The van der Waals surface area contributed by atoms with Crippen molar-refractivity contribution in [2.24, 2.45) is 0 Å². The van der Waals surface area contributed by atoms with E-state index in [1.165, 1.54) is 5.39 Å². The zero-order chi connectivity index (χ0) is 33.7. The number of pyridine rings is 3. The molecule has 0 unspecified atom stereocenters. The molecule has 0 aliphatic rings. The molecule has 0 amide bonds. The fraction of sp³-hybridized carbons (Fsp3) is 0. The molecule has 0 saturated carbocycles. The second-order valence-electron chi connectivity index (χ2n) is 12.8. The summed E-state index contributed by atoms with van der Waals surface area (Å²) in [6.07, 6.45) is 1.84. The van der Waals surface area contributed by atoms with Crippen LogP contribution in [0.1, 0.15) is 0 Å². The average molecular weight is 651 g/mol. The molecule has 0 N–H and O–H groups in total. The molecule has 0 aliphatic heterocycles. The Labute approximate surface area is 294 Å². The van der Waals surface area contributed by atoms with Crippen LogP contribution in [0.15, 0.2) is 182 Å². The maximum Gasteiger partial charge on any atom is 0.0972 e. The summed E-state index contributed by atoms with van der Waals surface area (Å²) in [4.78, 5) is 18.0. The summed E-state index contributed by atoms with van der Waals surface area (Å²) in [5.41, 5.74) is 9.90. The standard InChI is InChI=1S/C47H30N4/c1-4-14-31(15-5-1)44-40-30-39(41-28-27-33-26-25-32-16-13-29-48-45(32)46(33)49-41)36-21-10-11-22-37(36)43(40)38-23-12-24-42(47(38)50-44)51(34-17-6-2-7-18-34)35-19-8-3-9-20-35/h1-30H. The molecule has 0 saturated heterocycles. The van der Waals surface area contributed by atoms with Crippen molar-refractivity contribution < 1.29 is 0 Å². The fourth-order valence-electron chi connectivity index (χ4n) is 7.54. The summed E-state index contributed by atoms with van der Waals surface area (Å²) >= 11 is 0. The van der Waals surface area contributed by atoms with Crippen LogP contribution >= 0.6 is 0 Å². The Bertz CT molecular complexity index is 2870. The van der Waals surface area contributed by atoms with Crippen molar-refractivity contribution in [2.75, 3.05) is 4.90 Å². The van der Waals surface area contributed by atoms with Crippen molar-refractivity contribution >= 4 is 71.3 Å². The Morgan fingerprint density at radius 3 is 1.78 bits per heavy atom. The molecule has 0 bridgehead atoms. The van der Waals surface area contributed by atoms with E-state index in [1.807, 2.05) is 12.3 Å². The van der Waals surface area contributed by atoms with Crippen LogP contribution < -0.4 is 4.90 Å². The highest BCUT2D eigenvalue weighted by Gasteiger charge is 2.22. The predicted molar refractivity (Wildman–Crippen MR) is 213 cm³/mol. The van der Waals surface area contributed by atoms with E-state index in [4.69, 9.17) is 15.0 Å². The summed E-state index contributed by atoms with van der Waals surface area (Å²) < 4.78 is 0. The second kappa shape index (κ2) is 11.9. The monoisotopic (exact) mass is 650 g/mol. The molecule has 10 aromatic rings. The molecule has 51 heavy (non-hydrogen) atoms. The minimum Gasteiger partial charge on any atom is -0.308 e. The van der Waals surface area contributed by atoms with Crippen LogP contribution in [0.4, 0.5) is 17.1 Å². The van der Waals surface area contributed by atoms with Gasteiger partial charge in [0, 0.05) is 55.6 Å². The van der Waals surface area contributed by atoms with Gasteiger partial charge in [-0.05, 0) is 59.3 Å². The number of aromatic nitrogens is 3. The summed E-state index contributed by atoms with van der Waals surface area (Å²) in [7, 11) is 0. The molecular weight excluding hydrogens is 621 g/mol. The van der Waals surface area contributed by atoms with Gasteiger partial charge < -0.3 is 4.90 Å². The van der Waals surface area contributed by atoms with E-state index in [-0.39, 0.29) is 0 Å². The first-order valence-corrected chi connectivity index (χ1v) is 17.2. The number of anilines is 3. The molecule has 0 fully saturated rings. The molecule has 0 radical (unpaired) electrons. The normalized spacial score (nSPS) is 11.5. The van der Waals surface area contributed by atoms with Gasteiger partial charge in [-0.15, -0.1) is 0 Å². The number of para-hydroxylation sites is 3. The zero-order valence-electron chi connectivity index (χ0n) is 27.6. The van der Waals surface area contributed by atoms with Gasteiger partial charge in [0.2, 0.25) is 0 Å². The highest BCUT2D eigenvalue weighted by molar-refractivity contribution is 6.26. The molecular formula is C47H30N4. The predicted octanol–water partition coefficient (Wildman–Crippen LogP) is 12.4. The number of rotatable bonds is 5. The van der Waals surface area contributed by atoms with Crippen molar-refractivity contribution in [1.82, 2.24) is 15.0 Å². The van der Waals surface area contributed by atoms with Crippen molar-refractivity contribution in [2.45, 2.75) is 0 Å². The third-order valence-corrected chi connectivity index (χ3v) is 9.83. The summed E-state index contributed by atoms with van der Waals surface area (Å²) in [5, 5.41) is 7.82. The van der Waals surface area contributed by atoms with E-state index in [0.717, 1.165) is 88.4 Å². The van der Waals surface area contributed by atoms with Crippen LogP contribution in [0, 0.1) is 0 Å². The van der Waals surface area contributed by atoms with Gasteiger partial charge in [-0.3, -0.25) is 4.98 Å². The van der Waals surface area contributed by atoms with Gasteiger partial charge >= 0.3 is 0 Å². The maximum atomic E-state index is 5.61. The largest absolute Gasteiger partial charge is 0.308 e. The fourth-order valence-corrected chi connectivity index (χ4v) is 7.54. The van der Waals surface area contributed by atoms with E-state index in [0.29, 0.717) is 0 Å². The van der Waals surface area contributed by atoms with Crippen molar-refractivity contribution in [3.05, 3.63) is 182 Å². The number of fused-ring (bicyclic) bond motifs is 8. The molecule has 10 rings (SSSR count). The van der Waals surface area contributed by atoms with Gasteiger partial charge in [0.1, 0.15) is 0 Å². The first-order valence-electron chi connectivity index (χ1n) is 17.2. The lowest BCUT2D eigenvalue weighted by Crippen LogP contribution is -2.11. The van der Waals surface area contributed by atoms with Crippen LogP contribution in [-0.2, 0) is 0 Å². The van der Waals surface area contributed by atoms with E-state index in [9.17, 15) is 0 Å². The van der Waals surface area contributed by atoms with Gasteiger partial charge in [-0.2, -0.15) is 0 Å². The Hall–Kier alpha value is -6.91. The first kappa shape index (κ1) is 29.0. The Morgan fingerprint density at radius 2 is 1.04 bits per heavy atom. The molecule has 7 aromatic carbocycles. The van der Waals surface area contributed by atoms with E-state index in [2.05, 4.69) is 175 Å². The number of nitrogens with zero attached hydrogens (tertiary/aromatic N) is 4.